The summed E-state index contributed by atoms with van der Waals surface area (Å²) in [5, 5.41) is 10.2. The molecule has 21 heavy (non-hydrogen) atoms. The maximum Gasteiger partial charge on any atom is 0.258 e. The first-order chi connectivity index (χ1) is 10.1. The molecule has 108 valence electrons. The molecule has 2 atom stereocenters. The van der Waals surface area contributed by atoms with Crippen LogP contribution in [0.25, 0.3) is 0 Å². The number of aryl methyl sites for hydroxylation is 1. The Morgan fingerprint density at radius 1 is 1.14 bits per heavy atom. The lowest BCUT2D eigenvalue weighted by Gasteiger charge is -2.38. The van der Waals surface area contributed by atoms with E-state index in [1.807, 2.05) is 62.4 Å². The number of carbonyl (C=O) groups is 1. The zero-order valence-corrected chi connectivity index (χ0v) is 12.3. The summed E-state index contributed by atoms with van der Waals surface area (Å²) in [6.07, 6.45) is 0.0592. The molecule has 0 bridgehead atoms. The van der Waals surface area contributed by atoms with Crippen molar-refractivity contribution < 1.29 is 9.90 Å². The van der Waals surface area contributed by atoms with Gasteiger partial charge < -0.3 is 10.0 Å². The Labute approximate surface area is 124 Å². The zero-order valence-electron chi connectivity index (χ0n) is 12.3. The molecule has 0 aromatic heterocycles. The molecule has 2 aromatic rings. The summed E-state index contributed by atoms with van der Waals surface area (Å²) >= 11 is 0. The molecule has 1 aliphatic heterocycles. The number of para-hydroxylation sites is 1. The van der Waals surface area contributed by atoms with Crippen LogP contribution in [0.15, 0.2) is 48.5 Å². The molecule has 3 nitrogen and oxygen atoms in total. The minimum atomic E-state index is -0.533. The zero-order chi connectivity index (χ0) is 15.0. The van der Waals surface area contributed by atoms with E-state index in [-0.39, 0.29) is 11.9 Å². The Bertz CT molecular complexity index is 663. The Hall–Kier alpha value is -2.13. The van der Waals surface area contributed by atoms with E-state index in [2.05, 4.69) is 0 Å². The van der Waals surface area contributed by atoms with Crippen LogP contribution in [0, 0.1) is 6.92 Å². The molecule has 0 aliphatic carbocycles. The fourth-order valence-corrected chi connectivity index (χ4v) is 2.84. The molecular weight excluding hydrogens is 262 g/mol. The van der Waals surface area contributed by atoms with Crippen LogP contribution in [-0.2, 0) is 6.42 Å². The topological polar surface area (TPSA) is 40.5 Å². The normalized spacial score (nSPS) is 21.0. The lowest BCUT2D eigenvalue weighted by atomic mass is 9.93. The molecule has 0 unspecified atom stereocenters. The van der Waals surface area contributed by atoms with Crippen molar-refractivity contribution in [1.82, 2.24) is 0 Å². The largest absolute Gasteiger partial charge is 0.391 e. The van der Waals surface area contributed by atoms with E-state index in [1.54, 1.807) is 4.90 Å². The van der Waals surface area contributed by atoms with Gasteiger partial charge in [-0.3, -0.25) is 4.79 Å². The van der Waals surface area contributed by atoms with Crippen LogP contribution in [0.5, 0.6) is 0 Å². The molecule has 0 spiro atoms. The highest BCUT2D eigenvalue weighted by atomic mass is 16.3. The van der Waals surface area contributed by atoms with E-state index < -0.39 is 6.10 Å². The first kappa shape index (κ1) is 13.8. The summed E-state index contributed by atoms with van der Waals surface area (Å²) in [5.41, 5.74) is 3.69. The van der Waals surface area contributed by atoms with Gasteiger partial charge in [0.2, 0.25) is 0 Å². The van der Waals surface area contributed by atoms with Gasteiger partial charge in [-0.05, 0) is 37.6 Å². The summed E-state index contributed by atoms with van der Waals surface area (Å²) in [5.74, 6) is -0.0614. The molecule has 1 N–H and O–H groups in total. The van der Waals surface area contributed by atoms with Gasteiger partial charge in [0.1, 0.15) is 0 Å². The molecule has 2 aromatic carbocycles. The van der Waals surface area contributed by atoms with Crippen LogP contribution in [0.2, 0.25) is 0 Å². The van der Waals surface area contributed by atoms with E-state index in [9.17, 15) is 9.90 Å². The van der Waals surface area contributed by atoms with Crippen LogP contribution in [0.1, 0.15) is 28.4 Å². The van der Waals surface area contributed by atoms with Crippen LogP contribution in [0.4, 0.5) is 5.69 Å². The first-order valence-electron chi connectivity index (χ1n) is 7.24. The van der Waals surface area contributed by atoms with Gasteiger partial charge >= 0.3 is 0 Å². The number of anilines is 1. The molecule has 1 heterocycles. The monoisotopic (exact) mass is 281 g/mol. The number of benzene rings is 2. The van der Waals surface area contributed by atoms with E-state index in [0.29, 0.717) is 12.0 Å². The van der Waals surface area contributed by atoms with Crippen LogP contribution in [-0.4, -0.2) is 23.2 Å². The quantitative estimate of drug-likeness (QED) is 0.873. The van der Waals surface area contributed by atoms with Crippen molar-refractivity contribution in [3.63, 3.8) is 0 Å². The fourth-order valence-electron chi connectivity index (χ4n) is 2.84. The van der Waals surface area contributed by atoms with Gasteiger partial charge in [0.15, 0.2) is 0 Å². The Kier molecular flexibility index (Phi) is 3.52. The van der Waals surface area contributed by atoms with Crippen LogP contribution in [0.3, 0.4) is 0 Å². The number of carbonyl (C=O) groups excluding carboxylic acids is 1. The van der Waals surface area contributed by atoms with E-state index in [1.165, 1.54) is 0 Å². The number of fused-ring (bicyclic) bond motifs is 1. The fraction of sp³-hybridized carbons (Fsp3) is 0.278. The standard InChI is InChI=1S/C18H19NO2/c1-12-7-9-14(10-8-12)18(21)19-13(2)17(20)11-15-5-3-4-6-16(15)19/h3-10,13,17,20H,11H2,1-2H3/t13-,17-/m0/s1. The smallest absolute Gasteiger partial charge is 0.258 e. The van der Waals surface area contributed by atoms with Crippen molar-refractivity contribution in [3.05, 3.63) is 65.2 Å². The molecule has 0 saturated carbocycles. The summed E-state index contributed by atoms with van der Waals surface area (Å²) < 4.78 is 0. The van der Waals surface area contributed by atoms with E-state index >= 15 is 0 Å². The first-order valence-corrected chi connectivity index (χ1v) is 7.24. The minimum absolute atomic E-state index is 0.0614. The molecule has 0 saturated heterocycles. The average Bonchev–Trinajstić information content (AvgIpc) is 2.49. The molecule has 0 radical (unpaired) electrons. The van der Waals surface area contributed by atoms with Crippen molar-refractivity contribution in [2.24, 2.45) is 0 Å². The molecule has 3 rings (SSSR count). The van der Waals surface area contributed by atoms with Crippen molar-refractivity contribution in [3.8, 4) is 0 Å². The van der Waals surface area contributed by atoms with Gasteiger partial charge in [-0.1, -0.05) is 35.9 Å². The number of aliphatic hydroxyl groups is 1. The molecule has 0 fully saturated rings. The van der Waals surface area contributed by atoms with Gasteiger partial charge in [0.25, 0.3) is 5.91 Å². The van der Waals surface area contributed by atoms with E-state index in [0.717, 1.165) is 16.8 Å². The Morgan fingerprint density at radius 3 is 2.52 bits per heavy atom. The second-order valence-electron chi connectivity index (χ2n) is 5.68. The van der Waals surface area contributed by atoms with Crippen molar-refractivity contribution in [2.45, 2.75) is 32.4 Å². The van der Waals surface area contributed by atoms with Gasteiger partial charge in [-0.15, -0.1) is 0 Å². The number of rotatable bonds is 1. The van der Waals surface area contributed by atoms with Gasteiger partial charge in [-0.25, -0.2) is 0 Å². The molecule has 1 aliphatic rings. The lowest BCUT2D eigenvalue weighted by Crippen LogP contribution is -2.49. The third kappa shape index (κ3) is 2.45. The Balaban J connectivity index is 2.03. The second-order valence-corrected chi connectivity index (χ2v) is 5.68. The molecular formula is C18H19NO2. The minimum Gasteiger partial charge on any atom is -0.391 e. The average molecular weight is 281 g/mol. The Morgan fingerprint density at radius 2 is 1.81 bits per heavy atom. The summed E-state index contributed by atoms with van der Waals surface area (Å²) in [7, 11) is 0. The number of hydrogen-bond donors (Lipinski definition) is 1. The number of nitrogens with zero attached hydrogens (tertiary/aromatic N) is 1. The van der Waals surface area contributed by atoms with Crippen molar-refractivity contribution in [1.29, 1.82) is 0 Å². The van der Waals surface area contributed by atoms with Crippen LogP contribution < -0.4 is 4.90 Å². The maximum atomic E-state index is 12.8. The summed E-state index contributed by atoms with van der Waals surface area (Å²) in [6.45, 7) is 3.89. The second kappa shape index (κ2) is 5.34. The highest BCUT2D eigenvalue weighted by molar-refractivity contribution is 6.07. The number of amides is 1. The molecule has 1 amide bonds. The SMILES string of the molecule is Cc1ccc(C(=O)N2c3ccccc3C[C@H](O)[C@@H]2C)cc1. The predicted octanol–water partition coefficient (Wildman–Crippen LogP) is 2.95. The van der Waals surface area contributed by atoms with Gasteiger partial charge in [0.05, 0.1) is 12.1 Å². The molecule has 3 heteroatoms. The maximum absolute atomic E-state index is 12.8. The predicted molar refractivity (Wildman–Crippen MR) is 83.6 cm³/mol. The van der Waals surface area contributed by atoms with Crippen LogP contribution >= 0.6 is 0 Å². The summed E-state index contributed by atoms with van der Waals surface area (Å²) in [6, 6.07) is 15.1. The summed E-state index contributed by atoms with van der Waals surface area (Å²) in [4.78, 5) is 14.6. The van der Waals surface area contributed by atoms with E-state index in [4.69, 9.17) is 0 Å². The third-order valence-corrected chi connectivity index (χ3v) is 4.16. The van der Waals surface area contributed by atoms with Crippen molar-refractivity contribution >= 4 is 11.6 Å². The number of hydrogen-bond acceptors (Lipinski definition) is 2. The third-order valence-electron chi connectivity index (χ3n) is 4.16. The van der Waals surface area contributed by atoms with Gasteiger partial charge in [-0.2, -0.15) is 0 Å². The van der Waals surface area contributed by atoms with Crippen molar-refractivity contribution in [2.75, 3.05) is 4.90 Å². The number of aliphatic hydroxyl groups excluding tert-OH is 1. The lowest BCUT2D eigenvalue weighted by molar-refractivity contribution is 0.0906. The van der Waals surface area contributed by atoms with Gasteiger partial charge in [0, 0.05) is 17.7 Å². The highest BCUT2D eigenvalue weighted by Gasteiger charge is 2.34. The highest BCUT2D eigenvalue weighted by Crippen LogP contribution is 2.32.